The molecule has 0 radical (unpaired) electrons. The zero-order valence-electron chi connectivity index (χ0n) is 11.9. The topological polar surface area (TPSA) is 68.1 Å². The molecule has 0 saturated heterocycles. The van der Waals surface area contributed by atoms with E-state index in [1.165, 1.54) is 12.2 Å². The van der Waals surface area contributed by atoms with Gasteiger partial charge in [-0.25, -0.2) is 19.6 Å². The summed E-state index contributed by atoms with van der Waals surface area (Å²) in [6.45, 7) is 8.45. The summed E-state index contributed by atoms with van der Waals surface area (Å²) in [5.74, 6) is 1.57. The first-order chi connectivity index (χ1) is 9.02. The minimum atomic E-state index is 0.354. The van der Waals surface area contributed by atoms with Crippen LogP contribution in [0.1, 0.15) is 40.5 Å². The molecule has 0 amide bonds. The molecule has 0 atom stereocenters. The first kappa shape index (κ1) is 17.0. The molecule has 0 N–H and O–H groups in total. The average Bonchev–Trinajstić information content (AvgIpc) is 2.35. The zero-order chi connectivity index (χ0) is 14.7. The molecule has 0 spiro atoms. The molecule has 0 heterocycles. The Hall–Kier alpha value is -1.96. The Morgan fingerprint density at radius 3 is 1.47 bits per heavy atom. The lowest BCUT2D eigenvalue weighted by Crippen LogP contribution is -2.01. The predicted octanol–water partition coefficient (Wildman–Crippen LogP) is 3.04. The van der Waals surface area contributed by atoms with Gasteiger partial charge in [0, 0.05) is 12.8 Å². The van der Waals surface area contributed by atoms with E-state index in [0.717, 1.165) is 22.7 Å². The Morgan fingerprint density at radius 1 is 0.842 bits per heavy atom. The van der Waals surface area contributed by atoms with E-state index in [1.54, 1.807) is 0 Å². The number of hydrogen-bond donors (Lipinski definition) is 0. The van der Waals surface area contributed by atoms with Gasteiger partial charge in [0.2, 0.25) is 12.2 Å². The fraction of sp³-hybridized carbons (Fsp3) is 0.571. The van der Waals surface area contributed by atoms with Crippen molar-refractivity contribution in [2.24, 2.45) is 9.98 Å². The molecule has 0 aromatic carbocycles. The van der Waals surface area contributed by atoms with Crippen molar-refractivity contribution < 1.29 is 14.3 Å². The minimum absolute atomic E-state index is 0.354. The number of ether oxygens (including phenoxy) is 1. The summed E-state index contributed by atoms with van der Waals surface area (Å²) in [5, 5.41) is 0. The van der Waals surface area contributed by atoms with Gasteiger partial charge in [-0.05, 0) is 38.8 Å². The number of isocyanates is 2. The molecule has 0 unspecified atom stereocenters. The van der Waals surface area contributed by atoms with E-state index in [4.69, 9.17) is 4.74 Å². The highest BCUT2D eigenvalue weighted by Gasteiger charge is 2.07. The van der Waals surface area contributed by atoms with Crippen LogP contribution >= 0.6 is 0 Å². The van der Waals surface area contributed by atoms with Crippen molar-refractivity contribution in [2.75, 3.05) is 13.1 Å². The van der Waals surface area contributed by atoms with E-state index in [9.17, 15) is 9.59 Å². The van der Waals surface area contributed by atoms with Crippen LogP contribution in [-0.4, -0.2) is 25.2 Å². The SMILES string of the molecule is CC(C)=C(CCN=C=O)OC(CCN=C=O)=C(C)C. The third-order valence-corrected chi connectivity index (χ3v) is 2.39. The molecule has 19 heavy (non-hydrogen) atoms. The maximum Gasteiger partial charge on any atom is 0.234 e. The van der Waals surface area contributed by atoms with Crippen molar-refractivity contribution >= 4 is 12.2 Å². The van der Waals surface area contributed by atoms with Crippen molar-refractivity contribution in [3.05, 3.63) is 22.7 Å². The first-order valence-electron chi connectivity index (χ1n) is 6.10. The van der Waals surface area contributed by atoms with E-state index in [0.29, 0.717) is 25.9 Å². The molecule has 0 fully saturated rings. The lowest BCUT2D eigenvalue weighted by atomic mass is 10.2. The molecule has 0 rings (SSSR count). The summed E-state index contributed by atoms with van der Waals surface area (Å²) in [7, 11) is 0. The van der Waals surface area contributed by atoms with Crippen molar-refractivity contribution in [3.63, 3.8) is 0 Å². The molecule has 0 aromatic rings. The molecule has 104 valence electrons. The second kappa shape index (κ2) is 10.0. The summed E-state index contributed by atoms with van der Waals surface area (Å²) >= 11 is 0. The quantitative estimate of drug-likeness (QED) is 0.384. The third-order valence-electron chi connectivity index (χ3n) is 2.39. The Bertz CT molecular complexity index is 401. The smallest absolute Gasteiger partial charge is 0.234 e. The second-order valence-electron chi connectivity index (χ2n) is 4.39. The summed E-state index contributed by atoms with van der Waals surface area (Å²) in [6.07, 6.45) is 4.11. The molecular weight excluding hydrogens is 244 g/mol. The van der Waals surface area contributed by atoms with Crippen LogP contribution in [0, 0.1) is 0 Å². The average molecular weight is 264 g/mol. The van der Waals surface area contributed by atoms with Crippen LogP contribution in [-0.2, 0) is 14.3 Å². The lowest BCUT2D eigenvalue weighted by Gasteiger charge is -2.15. The van der Waals surface area contributed by atoms with E-state index in [2.05, 4.69) is 9.98 Å². The second-order valence-corrected chi connectivity index (χ2v) is 4.39. The highest BCUT2D eigenvalue weighted by molar-refractivity contribution is 5.33. The van der Waals surface area contributed by atoms with Gasteiger partial charge in [0.25, 0.3) is 0 Å². The van der Waals surface area contributed by atoms with Crippen LogP contribution < -0.4 is 0 Å². The van der Waals surface area contributed by atoms with Crippen molar-refractivity contribution in [3.8, 4) is 0 Å². The lowest BCUT2D eigenvalue weighted by molar-refractivity contribution is 0.270. The number of hydrogen-bond acceptors (Lipinski definition) is 5. The van der Waals surface area contributed by atoms with Gasteiger partial charge in [0.05, 0.1) is 13.1 Å². The summed E-state index contributed by atoms with van der Waals surface area (Å²) in [6, 6.07) is 0. The molecule has 5 nitrogen and oxygen atoms in total. The van der Waals surface area contributed by atoms with Crippen molar-refractivity contribution in [1.82, 2.24) is 0 Å². The number of allylic oxidation sites excluding steroid dienone is 2. The van der Waals surface area contributed by atoms with Crippen LogP contribution in [0.15, 0.2) is 32.6 Å². The highest BCUT2D eigenvalue weighted by Crippen LogP contribution is 2.20. The highest BCUT2D eigenvalue weighted by atomic mass is 16.5. The number of aliphatic imine (C=N–C) groups is 2. The van der Waals surface area contributed by atoms with Gasteiger partial charge < -0.3 is 4.74 Å². The third kappa shape index (κ3) is 7.87. The molecule has 0 aliphatic rings. The van der Waals surface area contributed by atoms with E-state index in [-0.39, 0.29) is 0 Å². The Balaban J connectivity index is 4.78. The minimum Gasteiger partial charge on any atom is -0.466 e. The Morgan fingerprint density at radius 2 is 1.21 bits per heavy atom. The fourth-order valence-electron chi connectivity index (χ4n) is 1.36. The maximum absolute atomic E-state index is 10.1. The summed E-state index contributed by atoms with van der Waals surface area (Å²) in [4.78, 5) is 27.1. The molecular formula is C14H20N2O3. The van der Waals surface area contributed by atoms with Crippen LogP contribution in [0.25, 0.3) is 0 Å². The normalized spacial score (nSPS) is 8.84. The standard InChI is InChI=1S/C14H20N2O3/c1-11(2)13(5-7-15-9-17)19-14(12(3)4)6-8-16-10-18/h5-8H2,1-4H3. The Labute approximate surface area is 113 Å². The van der Waals surface area contributed by atoms with Crippen LogP contribution in [0.2, 0.25) is 0 Å². The molecule has 0 bridgehead atoms. The molecule has 0 saturated carbocycles. The van der Waals surface area contributed by atoms with Gasteiger partial charge >= 0.3 is 0 Å². The zero-order valence-corrected chi connectivity index (χ0v) is 11.9. The van der Waals surface area contributed by atoms with Gasteiger partial charge in [-0.15, -0.1) is 0 Å². The van der Waals surface area contributed by atoms with Crippen molar-refractivity contribution in [1.29, 1.82) is 0 Å². The monoisotopic (exact) mass is 264 g/mol. The van der Waals surface area contributed by atoms with E-state index < -0.39 is 0 Å². The maximum atomic E-state index is 10.1. The fourth-order valence-corrected chi connectivity index (χ4v) is 1.36. The summed E-state index contributed by atoms with van der Waals surface area (Å²) < 4.78 is 5.85. The molecule has 0 aromatic heterocycles. The van der Waals surface area contributed by atoms with Gasteiger partial charge in [-0.2, -0.15) is 0 Å². The Kier molecular flexibility index (Phi) is 8.98. The summed E-state index contributed by atoms with van der Waals surface area (Å²) in [5.41, 5.74) is 2.05. The van der Waals surface area contributed by atoms with Crippen LogP contribution in [0.4, 0.5) is 0 Å². The van der Waals surface area contributed by atoms with E-state index >= 15 is 0 Å². The molecule has 0 aliphatic heterocycles. The van der Waals surface area contributed by atoms with Gasteiger partial charge in [0.15, 0.2) is 0 Å². The predicted molar refractivity (Wildman–Crippen MR) is 73.0 cm³/mol. The number of carbonyl (C=O) groups excluding carboxylic acids is 2. The number of rotatable bonds is 8. The first-order valence-corrected chi connectivity index (χ1v) is 6.10. The van der Waals surface area contributed by atoms with Gasteiger partial charge in [0.1, 0.15) is 11.5 Å². The largest absolute Gasteiger partial charge is 0.466 e. The van der Waals surface area contributed by atoms with Crippen LogP contribution in [0.5, 0.6) is 0 Å². The molecule has 5 heteroatoms. The molecule has 0 aliphatic carbocycles. The van der Waals surface area contributed by atoms with E-state index in [1.807, 2.05) is 27.7 Å². The van der Waals surface area contributed by atoms with Crippen molar-refractivity contribution in [2.45, 2.75) is 40.5 Å². The van der Waals surface area contributed by atoms with Gasteiger partial charge in [-0.3, -0.25) is 0 Å². The number of nitrogens with zero attached hydrogens (tertiary/aromatic N) is 2. The van der Waals surface area contributed by atoms with Crippen LogP contribution in [0.3, 0.4) is 0 Å². The van der Waals surface area contributed by atoms with Gasteiger partial charge in [-0.1, -0.05) is 0 Å².